The van der Waals surface area contributed by atoms with E-state index in [-0.39, 0.29) is 14.1 Å². The molecule has 7 heteroatoms. The Bertz CT molecular complexity index is 599. The molecule has 0 spiro atoms. The molecule has 0 radical (unpaired) electrons. The maximum absolute atomic E-state index is 6.63. The maximum Gasteiger partial charge on any atom is 0.454 e. The lowest BCUT2D eigenvalue weighted by Crippen LogP contribution is -2.63. The summed E-state index contributed by atoms with van der Waals surface area (Å²) in [6.45, 7) is 1.08. The van der Waals surface area contributed by atoms with Crippen LogP contribution in [0.3, 0.4) is 0 Å². The van der Waals surface area contributed by atoms with E-state index >= 15 is 0 Å². The van der Waals surface area contributed by atoms with Crippen LogP contribution in [-0.2, 0) is 4.57 Å². The monoisotopic (exact) mass is 310 g/mol. The van der Waals surface area contributed by atoms with Crippen molar-refractivity contribution in [3.8, 4) is 0 Å². The van der Waals surface area contributed by atoms with Crippen molar-refractivity contribution in [2.45, 2.75) is 31.5 Å². The average Bonchev–Trinajstić information content (AvgIpc) is 2.59. The molecule has 1 saturated heterocycles. The van der Waals surface area contributed by atoms with Gasteiger partial charge in [0, 0.05) is 13.6 Å². The number of fused-ring (bicyclic) bond motifs is 2. The van der Waals surface area contributed by atoms with Gasteiger partial charge in [0.1, 0.15) is 0 Å². The Labute approximate surface area is 139 Å². The van der Waals surface area contributed by atoms with Crippen LogP contribution in [0.2, 0.25) is 5.82 Å². The van der Waals surface area contributed by atoms with Gasteiger partial charge in [-0.25, -0.2) is 0 Å². The van der Waals surface area contributed by atoms with Gasteiger partial charge in [-0.3, -0.25) is 10.3 Å². The summed E-state index contributed by atoms with van der Waals surface area (Å²) in [5.74, 6) is 1.35. The van der Waals surface area contributed by atoms with E-state index in [0.29, 0.717) is 5.82 Å². The van der Waals surface area contributed by atoms with Crippen LogP contribution in [0.15, 0.2) is 29.4 Å². The Morgan fingerprint density at radius 3 is 2.96 bits per heavy atom. The van der Waals surface area contributed by atoms with Crippen LogP contribution in [-0.4, -0.2) is 50.8 Å². The van der Waals surface area contributed by atoms with Crippen LogP contribution in [0.25, 0.3) is 0 Å². The van der Waals surface area contributed by atoms with Crippen LogP contribution >= 0.6 is 0 Å². The largest absolute Gasteiger partial charge is 0.461 e. The predicted molar refractivity (Wildman–Crippen MR) is 95.5 cm³/mol. The highest BCUT2D eigenvalue weighted by atomic mass is 16.4. The summed E-state index contributed by atoms with van der Waals surface area (Å²) in [5, 5.41) is 4.49. The number of hydrazone groups is 1. The third-order valence-corrected chi connectivity index (χ3v) is 5.57. The summed E-state index contributed by atoms with van der Waals surface area (Å²) in [6.07, 6.45) is 7.19. The zero-order chi connectivity index (χ0) is 15.8. The molecule has 3 aliphatic rings. The Balaban J connectivity index is 1.59. The number of rotatable bonds is 2. The molecular formula is C16H24B2N4O. The molecule has 0 aromatic heterocycles. The molecular weight excluding hydrogens is 286 g/mol. The molecule has 2 fully saturated rings. The molecule has 2 unspecified atom stereocenters. The topological polar surface area (TPSA) is 40.1 Å². The molecule has 1 saturated carbocycles. The van der Waals surface area contributed by atoms with Gasteiger partial charge in [-0.15, -0.1) is 0 Å². The smallest absolute Gasteiger partial charge is 0.454 e. The van der Waals surface area contributed by atoms with Crippen molar-refractivity contribution in [3.63, 3.8) is 0 Å². The number of hydrazine groups is 1. The fraction of sp³-hybridized carbons (Fsp3) is 0.562. The van der Waals surface area contributed by atoms with Crippen LogP contribution in [0, 0.1) is 5.92 Å². The molecule has 5 nitrogen and oxygen atoms in total. The Morgan fingerprint density at radius 1 is 1.22 bits per heavy atom. The van der Waals surface area contributed by atoms with Crippen molar-refractivity contribution in [2.75, 3.05) is 20.6 Å². The van der Waals surface area contributed by atoms with Crippen LogP contribution in [0.1, 0.15) is 31.2 Å². The first-order chi connectivity index (χ1) is 11.2. The van der Waals surface area contributed by atoms with Crippen LogP contribution in [0.5, 0.6) is 0 Å². The lowest BCUT2D eigenvalue weighted by Gasteiger charge is -2.45. The second kappa shape index (κ2) is 6.30. The molecule has 1 aliphatic carbocycles. The minimum atomic E-state index is -0.119. The standard InChI is InChI=1S/C16H24B2N4O/c1-21-17(15-9-5-3-7-13(15)11-19-21)23-18-16-10-6-4-8-14(16)12-20-22(18)2/h3,5,7,9,11,14,16,20H,4,6,8,10,12H2,1-2H3. The SMILES string of the molecule is CN1N=Cc2ccccc2B1OB1C2CCCCC2CNN1C. The number of nitrogens with zero attached hydrogens (tertiary/aromatic N) is 3. The number of nitrogens with one attached hydrogen (secondary N) is 1. The molecule has 1 aromatic rings. The minimum Gasteiger partial charge on any atom is -0.461 e. The zero-order valence-corrected chi connectivity index (χ0v) is 14.0. The Morgan fingerprint density at radius 2 is 2.04 bits per heavy atom. The second-order valence-electron chi connectivity index (χ2n) is 7.01. The molecule has 1 N–H and O–H groups in total. The van der Waals surface area contributed by atoms with E-state index in [0.717, 1.165) is 18.0 Å². The summed E-state index contributed by atoms with van der Waals surface area (Å²) in [4.78, 5) is 4.10. The molecule has 2 heterocycles. The van der Waals surface area contributed by atoms with E-state index in [9.17, 15) is 0 Å². The fourth-order valence-corrected chi connectivity index (χ4v) is 4.26. The van der Waals surface area contributed by atoms with E-state index in [2.05, 4.69) is 46.8 Å². The van der Waals surface area contributed by atoms with Gasteiger partial charge in [-0.05, 0) is 36.2 Å². The average molecular weight is 310 g/mol. The molecule has 0 amide bonds. The molecule has 0 bridgehead atoms. The van der Waals surface area contributed by atoms with E-state index in [1.54, 1.807) is 0 Å². The molecule has 1 aromatic carbocycles. The summed E-state index contributed by atoms with van der Waals surface area (Å²) in [7, 11) is 4.08. The van der Waals surface area contributed by atoms with Gasteiger partial charge >= 0.3 is 14.1 Å². The number of benzene rings is 1. The van der Waals surface area contributed by atoms with Gasteiger partial charge in [0.25, 0.3) is 0 Å². The molecule has 4 rings (SSSR count). The zero-order valence-electron chi connectivity index (χ0n) is 14.0. The van der Waals surface area contributed by atoms with Crippen molar-refractivity contribution in [1.82, 2.24) is 15.3 Å². The highest BCUT2D eigenvalue weighted by molar-refractivity contribution is 6.74. The second-order valence-corrected chi connectivity index (χ2v) is 7.01. The van der Waals surface area contributed by atoms with Gasteiger partial charge in [0.15, 0.2) is 0 Å². The third-order valence-electron chi connectivity index (χ3n) is 5.57. The number of hydrogen-bond acceptors (Lipinski definition) is 5. The van der Waals surface area contributed by atoms with Gasteiger partial charge < -0.3 is 9.49 Å². The Hall–Kier alpha value is -1.30. The van der Waals surface area contributed by atoms with Crippen molar-refractivity contribution >= 4 is 25.8 Å². The highest BCUT2D eigenvalue weighted by Gasteiger charge is 2.46. The van der Waals surface area contributed by atoms with Crippen molar-refractivity contribution in [3.05, 3.63) is 29.8 Å². The first-order valence-electron chi connectivity index (χ1n) is 8.71. The lowest BCUT2D eigenvalue weighted by atomic mass is 9.52. The fourth-order valence-electron chi connectivity index (χ4n) is 4.26. The Kier molecular flexibility index (Phi) is 4.18. The molecule has 23 heavy (non-hydrogen) atoms. The van der Waals surface area contributed by atoms with Crippen molar-refractivity contribution in [2.24, 2.45) is 11.0 Å². The number of hydrogen-bond donors (Lipinski definition) is 1. The van der Waals surface area contributed by atoms with Gasteiger partial charge in [-0.2, -0.15) is 5.10 Å². The summed E-state index contributed by atoms with van der Waals surface area (Å²) in [6, 6.07) is 8.39. The minimum absolute atomic E-state index is 0.0999. The van der Waals surface area contributed by atoms with E-state index in [1.807, 2.05) is 18.2 Å². The predicted octanol–water partition coefficient (Wildman–Crippen LogP) is 1.18. The van der Waals surface area contributed by atoms with Crippen molar-refractivity contribution in [1.29, 1.82) is 0 Å². The summed E-state index contributed by atoms with van der Waals surface area (Å²) in [5.41, 5.74) is 5.87. The normalized spacial score (nSPS) is 27.8. The summed E-state index contributed by atoms with van der Waals surface area (Å²) >= 11 is 0. The highest BCUT2D eigenvalue weighted by Crippen LogP contribution is 2.39. The molecule has 120 valence electrons. The van der Waals surface area contributed by atoms with E-state index in [1.165, 1.54) is 31.1 Å². The van der Waals surface area contributed by atoms with E-state index in [4.69, 9.17) is 4.57 Å². The lowest BCUT2D eigenvalue weighted by molar-refractivity contribution is 0.195. The van der Waals surface area contributed by atoms with Crippen molar-refractivity contribution < 1.29 is 4.57 Å². The van der Waals surface area contributed by atoms with Gasteiger partial charge in [0.2, 0.25) is 0 Å². The maximum atomic E-state index is 6.63. The molecule has 2 aliphatic heterocycles. The van der Waals surface area contributed by atoms with E-state index < -0.39 is 0 Å². The molecule has 2 atom stereocenters. The van der Waals surface area contributed by atoms with Crippen LogP contribution < -0.4 is 10.9 Å². The third kappa shape index (κ3) is 2.82. The first kappa shape index (κ1) is 15.2. The van der Waals surface area contributed by atoms with Crippen LogP contribution in [0.4, 0.5) is 0 Å². The van der Waals surface area contributed by atoms with Gasteiger partial charge in [0.05, 0.1) is 6.21 Å². The first-order valence-corrected chi connectivity index (χ1v) is 8.71. The van der Waals surface area contributed by atoms with Gasteiger partial charge in [-0.1, -0.05) is 43.5 Å². The summed E-state index contributed by atoms with van der Waals surface area (Å²) < 4.78 is 6.63. The quantitative estimate of drug-likeness (QED) is 0.833.